The maximum Gasteiger partial charge on any atom is 0.225 e. The van der Waals surface area contributed by atoms with Crippen molar-refractivity contribution < 1.29 is 9.59 Å². The summed E-state index contributed by atoms with van der Waals surface area (Å²) >= 11 is 3.46. The molecular weight excluding hydrogens is 349 g/mol. The molecule has 0 saturated heterocycles. The Kier molecular flexibility index (Phi) is 6.57. The van der Waals surface area contributed by atoms with Crippen LogP contribution in [-0.4, -0.2) is 15.5 Å². The lowest BCUT2D eigenvalue weighted by molar-refractivity contribution is -0.115. The summed E-state index contributed by atoms with van der Waals surface area (Å²) in [5.74, 6) is 0.711. The van der Waals surface area contributed by atoms with Crippen LogP contribution in [0, 0.1) is 0 Å². The minimum absolute atomic E-state index is 0.0326. The van der Waals surface area contributed by atoms with Crippen LogP contribution in [0.25, 0.3) is 0 Å². The van der Waals surface area contributed by atoms with Crippen LogP contribution in [0.1, 0.15) is 18.9 Å². The number of alkyl halides is 1. The molecular formula is C12H14INO2S. The molecule has 1 rings (SSSR count). The van der Waals surface area contributed by atoms with E-state index < -0.39 is 0 Å². The predicted octanol–water partition coefficient (Wildman–Crippen LogP) is 3.23. The minimum Gasteiger partial charge on any atom is -0.326 e. The third kappa shape index (κ3) is 6.07. The lowest BCUT2D eigenvalue weighted by Gasteiger charge is -2.05. The number of nitrogens with one attached hydrogen (secondary N) is 1. The Morgan fingerprint density at radius 3 is 2.47 bits per heavy atom. The lowest BCUT2D eigenvalue weighted by atomic mass is 10.2. The number of rotatable bonds is 5. The molecule has 0 aliphatic carbocycles. The van der Waals surface area contributed by atoms with Crippen molar-refractivity contribution in [1.82, 2.24) is 0 Å². The zero-order valence-electron chi connectivity index (χ0n) is 9.53. The molecule has 0 heterocycles. The molecule has 0 spiro atoms. The van der Waals surface area contributed by atoms with Crippen LogP contribution in [0.3, 0.4) is 0 Å². The van der Waals surface area contributed by atoms with Gasteiger partial charge in [0.1, 0.15) is 0 Å². The fourth-order valence-corrected chi connectivity index (χ4v) is 2.23. The van der Waals surface area contributed by atoms with Gasteiger partial charge in [0.05, 0.1) is 0 Å². The van der Waals surface area contributed by atoms with Gasteiger partial charge in [0, 0.05) is 29.2 Å². The van der Waals surface area contributed by atoms with E-state index >= 15 is 0 Å². The molecule has 0 unspecified atom stereocenters. The Hall–Kier alpha value is -0.560. The van der Waals surface area contributed by atoms with E-state index in [2.05, 4.69) is 27.9 Å². The first-order valence-electron chi connectivity index (χ1n) is 5.20. The largest absolute Gasteiger partial charge is 0.326 e. The zero-order chi connectivity index (χ0) is 12.7. The topological polar surface area (TPSA) is 46.2 Å². The molecule has 0 saturated carbocycles. The van der Waals surface area contributed by atoms with E-state index in [9.17, 15) is 9.59 Å². The molecule has 1 N–H and O–H groups in total. The minimum atomic E-state index is 0.0326. The van der Waals surface area contributed by atoms with E-state index in [1.54, 1.807) is 6.92 Å². The average molecular weight is 363 g/mol. The van der Waals surface area contributed by atoms with Crippen LogP contribution in [0.2, 0.25) is 0 Å². The molecule has 0 fully saturated rings. The molecule has 0 radical (unpaired) electrons. The second-order valence-electron chi connectivity index (χ2n) is 3.46. The average Bonchev–Trinajstić information content (AvgIpc) is 2.28. The molecule has 0 bridgehead atoms. The highest BCUT2D eigenvalue weighted by Crippen LogP contribution is 2.16. The van der Waals surface area contributed by atoms with Gasteiger partial charge in [0.25, 0.3) is 0 Å². The van der Waals surface area contributed by atoms with Gasteiger partial charge >= 0.3 is 0 Å². The summed E-state index contributed by atoms with van der Waals surface area (Å²) in [6.07, 6.45) is 0.530. The Bertz CT molecular complexity index is 392. The van der Waals surface area contributed by atoms with E-state index in [0.717, 1.165) is 15.7 Å². The van der Waals surface area contributed by atoms with Crippen molar-refractivity contribution in [3.8, 4) is 0 Å². The lowest BCUT2D eigenvalue weighted by Crippen LogP contribution is -2.11. The van der Waals surface area contributed by atoms with Crippen LogP contribution in [0.4, 0.5) is 5.69 Å². The van der Waals surface area contributed by atoms with Crippen LogP contribution >= 0.6 is 34.4 Å². The second kappa shape index (κ2) is 7.71. The van der Waals surface area contributed by atoms with Gasteiger partial charge in [-0.1, -0.05) is 46.5 Å². The zero-order valence-corrected chi connectivity index (χ0v) is 12.5. The van der Waals surface area contributed by atoms with Crippen LogP contribution in [0.15, 0.2) is 24.3 Å². The highest BCUT2D eigenvalue weighted by atomic mass is 127. The molecule has 0 aliphatic rings. The van der Waals surface area contributed by atoms with Crippen LogP contribution < -0.4 is 5.32 Å². The fraction of sp³-hybridized carbons (Fsp3) is 0.333. The number of halogens is 1. The Morgan fingerprint density at radius 2 is 1.94 bits per heavy atom. The molecule has 0 aromatic heterocycles. The van der Waals surface area contributed by atoms with Gasteiger partial charge in [0.2, 0.25) is 5.91 Å². The number of anilines is 1. The van der Waals surface area contributed by atoms with Gasteiger partial charge in [-0.15, -0.1) is 0 Å². The van der Waals surface area contributed by atoms with Crippen molar-refractivity contribution in [2.24, 2.45) is 0 Å². The molecule has 1 aromatic carbocycles. The third-order valence-corrected chi connectivity index (χ3v) is 3.42. The van der Waals surface area contributed by atoms with Crippen molar-refractivity contribution >= 4 is 51.1 Å². The van der Waals surface area contributed by atoms with Gasteiger partial charge in [-0.05, 0) is 17.7 Å². The van der Waals surface area contributed by atoms with Crippen molar-refractivity contribution in [3.63, 3.8) is 0 Å². The number of hydrogen-bond acceptors (Lipinski definition) is 3. The third-order valence-electron chi connectivity index (χ3n) is 2.00. The summed E-state index contributed by atoms with van der Waals surface area (Å²) in [4.78, 5) is 22.2. The van der Waals surface area contributed by atoms with Crippen molar-refractivity contribution in [3.05, 3.63) is 29.8 Å². The van der Waals surface area contributed by atoms with E-state index in [1.807, 2.05) is 24.3 Å². The summed E-state index contributed by atoms with van der Waals surface area (Å²) in [6, 6.07) is 7.58. The number of hydrogen-bond donors (Lipinski definition) is 1. The predicted molar refractivity (Wildman–Crippen MR) is 80.6 cm³/mol. The quantitative estimate of drug-likeness (QED) is 0.646. The Labute approximate surface area is 119 Å². The first-order chi connectivity index (χ1) is 8.11. The van der Waals surface area contributed by atoms with Gasteiger partial charge < -0.3 is 5.32 Å². The van der Waals surface area contributed by atoms with Crippen molar-refractivity contribution in [2.75, 3.05) is 9.74 Å². The van der Waals surface area contributed by atoms with Gasteiger partial charge in [-0.3, -0.25) is 9.59 Å². The van der Waals surface area contributed by atoms with E-state index in [-0.39, 0.29) is 11.0 Å². The number of carbonyl (C=O) groups excluding carboxylic acids is 2. The van der Waals surface area contributed by atoms with E-state index in [0.29, 0.717) is 12.2 Å². The molecule has 3 nitrogen and oxygen atoms in total. The summed E-state index contributed by atoms with van der Waals surface area (Å²) in [6.45, 7) is 1.56. The van der Waals surface area contributed by atoms with E-state index in [4.69, 9.17) is 0 Å². The maximum absolute atomic E-state index is 11.3. The Balaban J connectivity index is 2.49. The maximum atomic E-state index is 11.3. The summed E-state index contributed by atoms with van der Waals surface area (Å²) in [5, 5.41) is 2.93. The monoisotopic (exact) mass is 363 g/mol. The summed E-state index contributed by atoms with van der Waals surface area (Å²) < 4.78 is 0.816. The SMILES string of the molecule is CC(=O)SCc1ccc(NC(=O)CCI)cc1. The molecule has 92 valence electrons. The van der Waals surface area contributed by atoms with Gasteiger partial charge in [-0.25, -0.2) is 0 Å². The number of benzene rings is 1. The summed E-state index contributed by atoms with van der Waals surface area (Å²) in [7, 11) is 0. The van der Waals surface area contributed by atoms with Crippen LogP contribution in [0.5, 0.6) is 0 Å². The molecule has 1 amide bonds. The molecule has 1 aromatic rings. The van der Waals surface area contributed by atoms with Gasteiger partial charge in [-0.2, -0.15) is 0 Å². The first-order valence-corrected chi connectivity index (χ1v) is 7.71. The number of amides is 1. The summed E-state index contributed by atoms with van der Waals surface area (Å²) in [5.41, 5.74) is 1.88. The Morgan fingerprint density at radius 1 is 1.29 bits per heavy atom. The highest BCUT2D eigenvalue weighted by Gasteiger charge is 2.01. The smallest absolute Gasteiger partial charge is 0.225 e. The van der Waals surface area contributed by atoms with E-state index in [1.165, 1.54) is 11.8 Å². The normalized spacial score (nSPS) is 10.0. The second-order valence-corrected chi connectivity index (χ2v) is 5.70. The molecule has 0 atom stereocenters. The van der Waals surface area contributed by atoms with Crippen molar-refractivity contribution in [1.29, 1.82) is 0 Å². The first kappa shape index (κ1) is 14.5. The standard InChI is InChI=1S/C12H14INO2S/c1-9(15)17-8-10-2-4-11(5-3-10)14-12(16)6-7-13/h2-5H,6-8H2,1H3,(H,14,16). The molecule has 5 heteroatoms. The highest BCUT2D eigenvalue weighted by molar-refractivity contribution is 14.1. The molecule has 0 aliphatic heterocycles. The van der Waals surface area contributed by atoms with Crippen LogP contribution in [-0.2, 0) is 15.3 Å². The molecule has 17 heavy (non-hydrogen) atoms. The fourth-order valence-electron chi connectivity index (χ4n) is 1.18. The van der Waals surface area contributed by atoms with Gasteiger partial charge in [0.15, 0.2) is 5.12 Å². The number of thioether (sulfide) groups is 1. The van der Waals surface area contributed by atoms with Crippen molar-refractivity contribution in [2.45, 2.75) is 19.1 Å². The number of carbonyl (C=O) groups is 2.